The van der Waals surface area contributed by atoms with E-state index in [0.29, 0.717) is 18.4 Å². The first-order valence-electron chi connectivity index (χ1n) is 8.45. The molecule has 0 spiro atoms. The van der Waals surface area contributed by atoms with E-state index in [1.54, 1.807) is 12.1 Å². The van der Waals surface area contributed by atoms with E-state index in [0.717, 1.165) is 44.1 Å². The van der Waals surface area contributed by atoms with Crippen molar-refractivity contribution in [2.75, 3.05) is 0 Å². The number of halogens is 2. The van der Waals surface area contributed by atoms with Gasteiger partial charge in [0.15, 0.2) is 0 Å². The highest BCUT2D eigenvalue weighted by atomic mass is 19.3. The number of hydrogen-bond acceptors (Lipinski definition) is 2. The predicted molar refractivity (Wildman–Crippen MR) is 81.6 cm³/mol. The summed E-state index contributed by atoms with van der Waals surface area (Å²) in [5.41, 5.74) is 1.49. The largest absolute Gasteiger partial charge is 0.508 e. The Bertz CT molecular complexity index is 542. The smallest absolute Gasteiger partial charge is 0.401 e. The maximum absolute atomic E-state index is 14.3. The van der Waals surface area contributed by atoms with Crippen LogP contribution in [0.2, 0.25) is 0 Å². The molecule has 22 heavy (non-hydrogen) atoms. The number of aryl methyl sites for hydroxylation is 1. The van der Waals surface area contributed by atoms with E-state index in [1.807, 2.05) is 0 Å². The summed E-state index contributed by atoms with van der Waals surface area (Å²) in [7, 11) is 0. The van der Waals surface area contributed by atoms with Crippen molar-refractivity contribution in [2.24, 2.45) is 5.92 Å². The fourth-order valence-corrected chi connectivity index (χ4v) is 3.95. The molecule has 1 heterocycles. The number of aromatic hydroxyl groups is 1. The Hall–Kier alpha value is -1.32. The third kappa shape index (κ3) is 2.80. The van der Waals surface area contributed by atoms with Crippen LogP contribution in [0.1, 0.15) is 68.9 Å². The second-order valence-corrected chi connectivity index (χ2v) is 6.65. The number of benzene rings is 1. The first-order valence-corrected chi connectivity index (χ1v) is 8.45. The zero-order valence-electron chi connectivity index (χ0n) is 13.1. The lowest BCUT2D eigenvalue weighted by Gasteiger charge is -2.41. The van der Waals surface area contributed by atoms with Crippen LogP contribution in [0.25, 0.3) is 0 Å². The van der Waals surface area contributed by atoms with Gasteiger partial charge < -0.3 is 9.84 Å². The Kier molecular flexibility index (Phi) is 4.28. The van der Waals surface area contributed by atoms with Gasteiger partial charge in [-0.2, -0.15) is 8.78 Å². The lowest BCUT2D eigenvalue weighted by atomic mass is 9.72. The molecule has 0 radical (unpaired) electrons. The fourth-order valence-electron chi connectivity index (χ4n) is 3.95. The van der Waals surface area contributed by atoms with Crippen molar-refractivity contribution in [3.05, 3.63) is 23.3 Å². The Balaban J connectivity index is 1.93. The van der Waals surface area contributed by atoms with Gasteiger partial charge in [-0.25, -0.2) is 0 Å². The van der Waals surface area contributed by atoms with Crippen LogP contribution in [-0.2, 0) is 6.42 Å². The number of phenols is 1. The van der Waals surface area contributed by atoms with Gasteiger partial charge in [0.25, 0.3) is 0 Å². The Morgan fingerprint density at radius 1 is 1.23 bits per heavy atom. The molecule has 1 aliphatic carbocycles. The average Bonchev–Trinajstić information content (AvgIpc) is 2.46. The highest BCUT2D eigenvalue weighted by Crippen LogP contribution is 2.55. The number of unbranched alkanes of at least 4 members (excludes halogenated alkanes) is 2. The molecule has 2 atom stereocenters. The monoisotopic (exact) mass is 310 g/mol. The van der Waals surface area contributed by atoms with Gasteiger partial charge in [0.2, 0.25) is 0 Å². The van der Waals surface area contributed by atoms with Gasteiger partial charge in [-0.15, -0.1) is 0 Å². The lowest BCUT2D eigenvalue weighted by Crippen LogP contribution is -2.43. The van der Waals surface area contributed by atoms with Gasteiger partial charge >= 0.3 is 6.11 Å². The minimum Gasteiger partial charge on any atom is -0.508 e. The van der Waals surface area contributed by atoms with Gasteiger partial charge in [-0.05, 0) is 43.4 Å². The van der Waals surface area contributed by atoms with Crippen LogP contribution < -0.4 is 4.74 Å². The van der Waals surface area contributed by atoms with Crippen molar-refractivity contribution in [1.29, 1.82) is 0 Å². The third-order valence-corrected chi connectivity index (χ3v) is 5.06. The molecule has 4 heteroatoms. The third-order valence-electron chi connectivity index (χ3n) is 5.06. The van der Waals surface area contributed by atoms with Gasteiger partial charge in [0, 0.05) is 11.5 Å². The van der Waals surface area contributed by atoms with Crippen LogP contribution in [0.4, 0.5) is 8.78 Å². The van der Waals surface area contributed by atoms with Crippen LogP contribution in [0, 0.1) is 5.92 Å². The molecule has 0 amide bonds. The van der Waals surface area contributed by atoms with Gasteiger partial charge in [-0.1, -0.05) is 32.6 Å². The molecular weight excluding hydrogens is 286 g/mol. The van der Waals surface area contributed by atoms with E-state index in [-0.39, 0.29) is 17.4 Å². The van der Waals surface area contributed by atoms with E-state index < -0.39 is 12.0 Å². The summed E-state index contributed by atoms with van der Waals surface area (Å²) < 4.78 is 33.6. The van der Waals surface area contributed by atoms with Gasteiger partial charge in [0.1, 0.15) is 11.5 Å². The van der Waals surface area contributed by atoms with Crippen LogP contribution in [0.15, 0.2) is 12.1 Å². The lowest BCUT2D eigenvalue weighted by molar-refractivity contribution is -0.236. The van der Waals surface area contributed by atoms with E-state index in [1.165, 1.54) is 0 Å². The quantitative estimate of drug-likeness (QED) is 0.756. The molecule has 1 aromatic rings. The summed E-state index contributed by atoms with van der Waals surface area (Å²) in [6.45, 7) is 2.12. The Morgan fingerprint density at radius 3 is 2.77 bits per heavy atom. The first kappa shape index (κ1) is 15.6. The second-order valence-electron chi connectivity index (χ2n) is 6.65. The molecule has 122 valence electrons. The first-order chi connectivity index (χ1) is 10.5. The molecule has 0 bridgehead atoms. The molecule has 2 aliphatic rings. The molecule has 2 nitrogen and oxygen atoms in total. The molecule has 1 saturated carbocycles. The number of alkyl halides is 2. The highest BCUT2D eigenvalue weighted by molar-refractivity contribution is 5.51. The molecule has 1 aromatic carbocycles. The van der Waals surface area contributed by atoms with Crippen molar-refractivity contribution in [3.8, 4) is 11.5 Å². The maximum atomic E-state index is 14.3. The molecule has 1 fully saturated rings. The average molecular weight is 310 g/mol. The van der Waals surface area contributed by atoms with E-state index >= 15 is 0 Å². The zero-order chi connectivity index (χ0) is 15.7. The Morgan fingerprint density at radius 2 is 2.00 bits per heavy atom. The van der Waals surface area contributed by atoms with Gasteiger partial charge in [-0.3, -0.25) is 0 Å². The molecule has 0 aromatic heterocycles. The van der Waals surface area contributed by atoms with Crippen molar-refractivity contribution in [3.63, 3.8) is 0 Å². The summed E-state index contributed by atoms with van der Waals surface area (Å²) in [4.78, 5) is 0. The van der Waals surface area contributed by atoms with Crippen molar-refractivity contribution < 1.29 is 18.6 Å². The number of ether oxygens (including phenoxy) is 1. The van der Waals surface area contributed by atoms with Crippen molar-refractivity contribution >= 4 is 0 Å². The van der Waals surface area contributed by atoms with Crippen LogP contribution in [0.3, 0.4) is 0 Å². The minimum absolute atomic E-state index is 0.136. The number of rotatable bonds is 4. The summed E-state index contributed by atoms with van der Waals surface area (Å²) in [6.07, 6.45) is 3.80. The molecule has 1 N–H and O–H groups in total. The van der Waals surface area contributed by atoms with E-state index in [2.05, 4.69) is 6.92 Å². The molecule has 1 aliphatic heterocycles. The SMILES string of the molecule is CCCCCc1cc(O)c2c(c1)OC(F)(F)C1CCCCC21. The van der Waals surface area contributed by atoms with Crippen LogP contribution >= 0.6 is 0 Å². The number of fused-ring (bicyclic) bond motifs is 3. The summed E-state index contributed by atoms with van der Waals surface area (Å²) in [5.74, 6) is -0.751. The summed E-state index contributed by atoms with van der Waals surface area (Å²) in [5, 5.41) is 10.4. The molecular formula is C18H24F2O2. The highest BCUT2D eigenvalue weighted by Gasteiger charge is 2.53. The number of hydrogen-bond donors (Lipinski definition) is 1. The summed E-state index contributed by atoms with van der Waals surface area (Å²) >= 11 is 0. The fraction of sp³-hybridized carbons (Fsp3) is 0.667. The van der Waals surface area contributed by atoms with Crippen molar-refractivity contribution in [2.45, 2.75) is 70.3 Å². The normalized spacial score (nSPS) is 26.0. The number of phenolic OH excluding ortho intramolecular Hbond substituents is 1. The topological polar surface area (TPSA) is 29.5 Å². The standard InChI is InChI=1S/C18H24F2O2/c1-2-3-4-7-12-10-15(21)17-13-8-5-6-9-14(13)18(19,20)22-16(17)11-12/h10-11,13-14,21H,2-9H2,1H3. The molecule has 0 saturated heterocycles. The van der Waals surface area contributed by atoms with Crippen LogP contribution in [0.5, 0.6) is 11.5 Å². The summed E-state index contributed by atoms with van der Waals surface area (Å²) in [6, 6.07) is 3.45. The van der Waals surface area contributed by atoms with E-state index in [4.69, 9.17) is 4.74 Å². The van der Waals surface area contributed by atoms with Crippen molar-refractivity contribution in [1.82, 2.24) is 0 Å². The van der Waals surface area contributed by atoms with E-state index in [9.17, 15) is 13.9 Å². The molecule has 3 rings (SSSR count). The zero-order valence-corrected chi connectivity index (χ0v) is 13.1. The van der Waals surface area contributed by atoms with Gasteiger partial charge in [0.05, 0.1) is 5.92 Å². The molecule has 2 unspecified atom stereocenters. The van der Waals surface area contributed by atoms with Crippen LogP contribution in [-0.4, -0.2) is 11.2 Å². The minimum atomic E-state index is -3.12. The second kappa shape index (κ2) is 6.05. The maximum Gasteiger partial charge on any atom is 0.401 e. The predicted octanol–water partition coefficient (Wildman–Crippen LogP) is 5.38. The Labute approximate surface area is 130 Å².